The van der Waals surface area contributed by atoms with Crippen molar-refractivity contribution in [2.75, 3.05) is 5.73 Å². The Labute approximate surface area is 162 Å². The Hall–Kier alpha value is -3.40. The molecule has 0 amide bonds. The molecule has 8 nitrogen and oxygen atoms in total. The topological polar surface area (TPSA) is 109 Å². The van der Waals surface area contributed by atoms with Crippen molar-refractivity contribution in [3.8, 4) is 22.7 Å². The fourth-order valence-electron chi connectivity index (χ4n) is 2.49. The lowest BCUT2D eigenvalue weighted by Gasteiger charge is -2.05. The molecule has 3 aromatic heterocycles. The Bertz CT molecular complexity index is 1110. The van der Waals surface area contributed by atoms with Crippen LogP contribution in [-0.4, -0.2) is 30.2 Å². The summed E-state index contributed by atoms with van der Waals surface area (Å²) in [6, 6.07) is 8.45. The highest BCUT2D eigenvalue weighted by Gasteiger charge is 2.17. The van der Waals surface area contributed by atoms with E-state index >= 15 is 0 Å². The van der Waals surface area contributed by atoms with Crippen molar-refractivity contribution in [1.29, 1.82) is 0 Å². The van der Waals surface area contributed by atoms with Crippen LogP contribution in [0.4, 0.5) is 14.6 Å². The van der Waals surface area contributed by atoms with Gasteiger partial charge in [0.25, 0.3) is 5.89 Å². The molecule has 4 aromatic rings. The third kappa shape index (κ3) is 3.67. The van der Waals surface area contributed by atoms with Crippen LogP contribution in [0.25, 0.3) is 22.7 Å². The third-order valence-electron chi connectivity index (χ3n) is 3.88. The predicted molar refractivity (Wildman–Crippen MR) is 96.5 cm³/mol. The molecule has 11 heteroatoms. The minimum absolute atomic E-state index is 0.0253. The number of hydrogen-bond donors (Lipinski definition) is 1. The Morgan fingerprint density at radius 1 is 1.11 bits per heavy atom. The number of nitrogen functional groups attached to an aromatic ring is 1. The summed E-state index contributed by atoms with van der Waals surface area (Å²) in [5, 5.41) is 15.5. The predicted octanol–water partition coefficient (Wildman–Crippen LogP) is 3.61. The van der Waals surface area contributed by atoms with Gasteiger partial charge < -0.3 is 10.2 Å². The van der Waals surface area contributed by atoms with Crippen molar-refractivity contribution < 1.29 is 13.2 Å². The van der Waals surface area contributed by atoms with Crippen molar-refractivity contribution in [3.63, 3.8) is 0 Å². The second kappa shape index (κ2) is 7.31. The molecular weight excluding hydrogens is 392 g/mol. The lowest BCUT2D eigenvalue weighted by molar-refractivity contribution is 0.116. The van der Waals surface area contributed by atoms with Crippen LogP contribution < -0.4 is 5.73 Å². The van der Waals surface area contributed by atoms with Gasteiger partial charge in [-0.15, -0.1) is 15.3 Å². The first-order valence-electron chi connectivity index (χ1n) is 8.02. The molecule has 0 aliphatic heterocycles. The summed E-state index contributed by atoms with van der Waals surface area (Å²) in [5.41, 5.74) is 8.21. The summed E-state index contributed by atoms with van der Waals surface area (Å²) in [5.74, 6) is -0.338. The largest absolute Gasteiger partial charge is 0.415 e. The summed E-state index contributed by atoms with van der Waals surface area (Å²) in [6.45, 7) is 0.362. The van der Waals surface area contributed by atoms with Crippen LogP contribution in [0.5, 0.6) is 0 Å². The summed E-state index contributed by atoms with van der Waals surface area (Å²) >= 11 is 6.32. The molecule has 0 atom stereocenters. The Balaban J connectivity index is 1.53. The molecule has 3 heterocycles. The van der Waals surface area contributed by atoms with Gasteiger partial charge in [0.2, 0.25) is 5.89 Å². The van der Waals surface area contributed by atoms with Crippen LogP contribution in [0.15, 0.2) is 47.1 Å². The molecule has 0 aliphatic rings. The van der Waals surface area contributed by atoms with E-state index in [1.165, 1.54) is 0 Å². The molecule has 1 aromatic carbocycles. The fourth-order valence-corrected chi connectivity index (χ4v) is 2.73. The molecule has 2 N–H and O–H groups in total. The molecule has 0 bridgehead atoms. The molecule has 0 saturated carbocycles. The number of nitrogens with zero attached hydrogens (tertiary/aromatic N) is 6. The molecular formula is C17H12ClF2N7O. The summed E-state index contributed by atoms with van der Waals surface area (Å²) in [6.07, 6.45) is 0.544. The van der Waals surface area contributed by atoms with Crippen LogP contribution in [-0.2, 0) is 6.54 Å². The Kier molecular flexibility index (Phi) is 4.70. The maximum atomic E-state index is 12.6. The maximum Gasteiger partial charge on any atom is 0.314 e. The zero-order valence-corrected chi connectivity index (χ0v) is 14.9. The number of rotatable bonds is 5. The lowest BCUT2D eigenvalue weighted by Crippen LogP contribution is -2.01. The van der Waals surface area contributed by atoms with Crippen LogP contribution >= 0.6 is 11.6 Å². The average Bonchev–Trinajstić information content (AvgIpc) is 3.34. The first-order valence-corrected chi connectivity index (χ1v) is 8.40. The van der Waals surface area contributed by atoms with Gasteiger partial charge in [-0.25, -0.2) is 9.67 Å². The monoisotopic (exact) mass is 403 g/mol. The second-order valence-electron chi connectivity index (χ2n) is 5.83. The van der Waals surface area contributed by atoms with Gasteiger partial charge in [0.1, 0.15) is 11.5 Å². The molecule has 0 spiro atoms. The first kappa shape index (κ1) is 18.0. The number of benzene rings is 1. The molecule has 0 aliphatic carbocycles. The summed E-state index contributed by atoms with van der Waals surface area (Å²) < 4.78 is 31.7. The Morgan fingerprint density at radius 3 is 2.61 bits per heavy atom. The zero-order chi connectivity index (χ0) is 19.7. The van der Waals surface area contributed by atoms with Gasteiger partial charge in [0, 0.05) is 22.3 Å². The summed E-state index contributed by atoms with van der Waals surface area (Å²) in [4.78, 5) is 4.03. The van der Waals surface area contributed by atoms with Crippen LogP contribution in [0.2, 0.25) is 5.02 Å². The quantitative estimate of drug-likeness (QED) is 0.542. The average molecular weight is 404 g/mol. The van der Waals surface area contributed by atoms with Gasteiger partial charge in [0.15, 0.2) is 0 Å². The van der Waals surface area contributed by atoms with Gasteiger partial charge >= 0.3 is 6.43 Å². The molecule has 0 fully saturated rings. The zero-order valence-electron chi connectivity index (χ0n) is 14.1. The number of hydrogen-bond acceptors (Lipinski definition) is 7. The van der Waals surface area contributed by atoms with Gasteiger partial charge in [-0.1, -0.05) is 22.9 Å². The highest BCUT2D eigenvalue weighted by molar-refractivity contribution is 6.31. The smallest absolute Gasteiger partial charge is 0.314 e. The lowest BCUT2D eigenvalue weighted by atomic mass is 10.1. The fraction of sp³-hybridized carbons (Fsp3) is 0.118. The first-order chi connectivity index (χ1) is 13.5. The van der Waals surface area contributed by atoms with Crippen molar-refractivity contribution in [2.24, 2.45) is 0 Å². The molecule has 0 unspecified atom stereocenters. The molecule has 142 valence electrons. The number of alkyl halides is 2. The number of aromatic nitrogens is 6. The second-order valence-corrected chi connectivity index (χ2v) is 6.23. The summed E-state index contributed by atoms with van der Waals surface area (Å²) in [7, 11) is 0. The normalized spacial score (nSPS) is 11.3. The van der Waals surface area contributed by atoms with E-state index in [0.29, 0.717) is 28.6 Å². The van der Waals surface area contributed by atoms with E-state index < -0.39 is 12.3 Å². The maximum absolute atomic E-state index is 12.6. The number of anilines is 1. The van der Waals surface area contributed by atoms with Gasteiger partial charge in [-0.2, -0.15) is 8.78 Å². The molecule has 0 saturated heterocycles. The van der Waals surface area contributed by atoms with E-state index in [4.69, 9.17) is 21.8 Å². The highest BCUT2D eigenvalue weighted by atomic mass is 35.5. The molecule has 28 heavy (non-hydrogen) atoms. The van der Waals surface area contributed by atoms with E-state index in [2.05, 4.69) is 25.5 Å². The van der Waals surface area contributed by atoms with Crippen LogP contribution in [0.3, 0.4) is 0 Å². The van der Waals surface area contributed by atoms with E-state index in [9.17, 15) is 8.78 Å². The molecule has 0 radical (unpaired) electrons. The van der Waals surface area contributed by atoms with Crippen molar-refractivity contribution >= 4 is 17.4 Å². The van der Waals surface area contributed by atoms with Gasteiger partial charge in [-0.3, -0.25) is 0 Å². The molecule has 4 rings (SSSR count). The Morgan fingerprint density at radius 2 is 1.93 bits per heavy atom. The van der Waals surface area contributed by atoms with Gasteiger partial charge in [-0.05, 0) is 29.8 Å². The van der Waals surface area contributed by atoms with Gasteiger partial charge in [0.05, 0.1) is 12.7 Å². The number of pyridine rings is 1. The van der Waals surface area contributed by atoms with Crippen LogP contribution in [0.1, 0.15) is 17.9 Å². The van der Waals surface area contributed by atoms with Crippen molar-refractivity contribution in [3.05, 3.63) is 59.2 Å². The van der Waals surface area contributed by atoms with E-state index in [1.807, 2.05) is 0 Å². The third-order valence-corrected chi connectivity index (χ3v) is 4.23. The highest BCUT2D eigenvalue weighted by Crippen LogP contribution is 2.27. The standard InChI is InChI=1S/C17H12ClF2N7O/c18-12-5-9(16-24-25-17(28-16)15(19)20)1-2-11(12)7-27-8-13(23-26-27)10-3-4-14(21)22-6-10/h1-6,8,15H,7H2,(H2,21,22). The minimum atomic E-state index is -2.83. The van der Waals surface area contributed by atoms with E-state index in [1.54, 1.807) is 47.4 Å². The van der Waals surface area contributed by atoms with E-state index in [0.717, 1.165) is 11.1 Å². The van der Waals surface area contributed by atoms with E-state index in [-0.39, 0.29) is 5.89 Å². The van der Waals surface area contributed by atoms with Crippen LogP contribution in [0, 0.1) is 0 Å². The number of nitrogens with two attached hydrogens (primary N) is 1. The number of halogens is 3. The van der Waals surface area contributed by atoms with Crippen molar-refractivity contribution in [2.45, 2.75) is 13.0 Å². The SMILES string of the molecule is Nc1ccc(-c2cn(Cc3ccc(-c4nnc(C(F)F)o4)cc3Cl)nn2)cn1. The van der Waals surface area contributed by atoms with Crippen molar-refractivity contribution in [1.82, 2.24) is 30.2 Å². The minimum Gasteiger partial charge on any atom is -0.415 e.